The normalized spacial score (nSPS) is 13.4. The topological polar surface area (TPSA) is 128 Å². The van der Waals surface area contributed by atoms with Crippen LogP contribution in [-0.2, 0) is 22.5 Å². The molecule has 0 atom stereocenters. The summed E-state index contributed by atoms with van der Waals surface area (Å²) in [6, 6.07) is 13.6. The molecule has 230 valence electrons. The first-order valence-electron chi connectivity index (χ1n) is 14.1. The maximum atomic E-state index is 13.8. The number of aryl methyl sites for hydroxylation is 1. The Kier molecular flexibility index (Phi) is 11.1. The van der Waals surface area contributed by atoms with Gasteiger partial charge in [-0.1, -0.05) is 12.1 Å². The van der Waals surface area contributed by atoms with Crippen molar-refractivity contribution >= 4 is 17.5 Å². The molecule has 2 heterocycles. The monoisotopic (exact) mass is 594 g/mol. The quantitative estimate of drug-likeness (QED) is 0.203. The first kappa shape index (κ1) is 31.5. The second kappa shape index (κ2) is 15.2. The van der Waals surface area contributed by atoms with E-state index in [1.807, 2.05) is 18.2 Å². The summed E-state index contributed by atoms with van der Waals surface area (Å²) in [4.78, 5) is 43.9. The molecule has 0 radical (unpaired) electrons. The van der Waals surface area contributed by atoms with Gasteiger partial charge in [0.25, 0.3) is 11.6 Å². The summed E-state index contributed by atoms with van der Waals surface area (Å²) in [5.74, 6) is 1.11. The van der Waals surface area contributed by atoms with Crippen molar-refractivity contribution < 1.29 is 33.1 Å². The van der Waals surface area contributed by atoms with Crippen molar-refractivity contribution in [1.82, 2.24) is 14.7 Å². The van der Waals surface area contributed by atoms with Gasteiger partial charge in [0, 0.05) is 49.9 Å². The van der Waals surface area contributed by atoms with Crippen LogP contribution in [0.2, 0.25) is 0 Å². The molecular weight excluding hydrogens is 556 g/mol. The summed E-state index contributed by atoms with van der Waals surface area (Å²) in [6.07, 6.45) is 2.08. The number of morpholine rings is 1. The van der Waals surface area contributed by atoms with Crippen LogP contribution in [0.5, 0.6) is 11.5 Å². The van der Waals surface area contributed by atoms with Crippen molar-refractivity contribution in [2.45, 2.75) is 19.9 Å². The van der Waals surface area contributed by atoms with Crippen molar-refractivity contribution in [3.63, 3.8) is 0 Å². The van der Waals surface area contributed by atoms with Crippen LogP contribution < -0.4 is 9.47 Å². The van der Waals surface area contributed by atoms with Crippen LogP contribution in [0.3, 0.4) is 0 Å². The van der Waals surface area contributed by atoms with Crippen molar-refractivity contribution in [2.75, 3.05) is 66.7 Å². The van der Waals surface area contributed by atoms with E-state index >= 15 is 0 Å². The Morgan fingerprint density at radius 1 is 1.00 bits per heavy atom. The van der Waals surface area contributed by atoms with Crippen LogP contribution in [0.4, 0.5) is 5.69 Å². The zero-order valence-corrected chi connectivity index (χ0v) is 24.8. The van der Waals surface area contributed by atoms with Gasteiger partial charge in [-0.05, 0) is 49.2 Å². The molecule has 12 heteroatoms. The lowest BCUT2D eigenvalue weighted by molar-refractivity contribution is -0.385. The fraction of sp³-hybridized carbons (Fsp3) is 0.419. The Morgan fingerprint density at radius 3 is 2.44 bits per heavy atom. The molecule has 3 aromatic rings. The van der Waals surface area contributed by atoms with Gasteiger partial charge in [0.15, 0.2) is 11.5 Å². The molecule has 1 aromatic heterocycles. The van der Waals surface area contributed by atoms with E-state index in [1.165, 1.54) is 11.0 Å². The van der Waals surface area contributed by atoms with Gasteiger partial charge in [0.05, 0.1) is 45.2 Å². The van der Waals surface area contributed by atoms with Crippen LogP contribution in [0.1, 0.15) is 27.2 Å². The number of rotatable bonds is 14. The fourth-order valence-electron chi connectivity index (χ4n) is 4.91. The van der Waals surface area contributed by atoms with Crippen LogP contribution in [-0.4, -0.2) is 98.1 Å². The molecule has 4 rings (SSSR count). The van der Waals surface area contributed by atoms with Gasteiger partial charge in [-0.3, -0.25) is 24.6 Å². The van der Waals surface area contributed by atoms with E-state index in [1.54, 1.807) is 56.6 Å². The number of carbonyl (C=O) groups excluding carboxylic acids is 2. The molecule has 0 bridgehead atoms. The number of furan rings is 1. The zero-order chi connectivity index (χ0) is 30.8. The van der Waals surface area contributed by atoms with Crippen LogP contribution in [0.15, 0.2) is 59.2 Å². The van der Waals surface area contributed by atoms with Gasteiger partial charge >= 0.3 is 0 Å². The third-order valence-corrected chi connectivity index (χ3v) is 7.45. The number of amides is 2. The third kappa shape index (κ3) is 8.55. The minimum Gasteiger partial charge on any atom is -0.493 e. The summed E-state index contributed by atoms with van der Waals surface area (Å²) in [7, 11) is 3.14. The molecule has 2 aromatic carbocycles. The van der Waals surface area contributed by atoms with E-state index in [0.717, 1.165) is 18.7 Å². The lowest BCUT2D eigenvalue weighted by Gasteiger charge is -2.31. The minimum absolute atomic E-state index is 0.139. The van der Waals surface area contributed by atoms with E-state index in [9.17, 15) is 19.7 Å². The van der Waals surface area contributed by atoms with Crippen molar-refractivity contribution in [3.8, 4) is 11.5 Å². The second-order valence-electron chi connectivity index (χ2n) is 10.3. The maximum absolute atomic E-state index is 13.8. The number of ether oxygens (including phenoxy) is 3. The maximum Gasteiger partial charge on any atom is 0.273 e. The Labute approximate surface area is 250 Å². The molecule has 1 aliphatic heterocycles. The van der Waals surface area contributed by atoms with Gasteiger partial charge in [0.1, 0.15) is 12.3 Å². The summed E-state index contributed by atoms with van der Waals surface area (Å²) in [5.41, 5.74) is 1.43. The van der Waals surface area contributed by atoms with E-state index in [4.69, 9.17) is 18.6 Å². The van der Waals surface area contributed by atoms with E-state index < -0.39 is 10.8 Å². The van der Waals surface area contributed by atoms with Gasteiger partial charge in [0.2, 0.25) is 5.91 Å². The molecule has 1 saturated heterocycles. The lowest BCUT2D eigenvalue weighted by atomic mass is 10.1. The molecule has 0 unspecified atom stereocenters. The Morgan fingerprint density at radius 2 is 1.77 bits per heavy atom. The van der Waals surface area contributed by atoms with Gasteiger partial charge < -0.3 is 28.4 Å². The fourth-order valence-corrected chi connectivity index (χ4v) is 4.91. The molecule has 0 spiro atoms. The molecular formula is C31H38N4O8. The lowest BCUT2D eigenvalue weighted by Crippen LogP contribution is -2.47. The number of nitro groups is 1. The highest BCUT2D eigenvalue weighted by Crippen LogP contribution is 2.28. The summed E-state index contributed by atoms with van der Waals surface area (Å²) < 4.78 is 21.7. The second-order valence-corrected chi connectivity index (χ2v) is 10.3. The largest absolute Gasteiger partial charge is 0.493 e. The Hall–Kier alpha value is -4.42. The number of benzene rings is 2. The zero-order valence-electron chi connectivity index (χ0n) is 24.8. The minimum atomic E-state index is -0.505. The molecule has 1 fully saturated rings. The molecule has 2 amide bonds. The molecule has 1 aliphatic rings. The van der Waals surface area contributed by atoms with Crippen LogP contribution in [0, 0.1) is 17.0 Å². The van der Waals surface area contributed by atoms with E-state index in [-0.39, 0.29) is 36.8 Å². The summed E-state index contributed by atoms with van der Waals surface area (Å²) in [5, 5.41) is 11.6. The van der Waals surface area contributed by atoms with Gasteiger partial charge in [-0.15, -0.1) is 0 Å². The molecule has 0 aliphatic carbocycles. The first-order chi connectivity index (χ1) is 20.8. The third-order valence-electron chi connectivity index (χ3n) is 7.45. The number of hydrogen-bond acceptors (Lipinski definition) is 9. The van der Waals surface area contributed by atoms with Crippen molar-refractivity contribution in [2.24, 2.45) is 0 Å². The number of nitro benzene ring substituents is 1. The highest BCUT2D eigenvalue weighted by Gasteiger charge is 2.26. The summed E-state index contributed by atoms with van der Waals surface area (Å²) in [6.45, 7) is 5.47. The van der Waals surface area contributed by atoms with Crippen molar-refractivity contribution in [1.29, 1.82) is 0 Å². The molecule has 43 heavy (non-hydrogen) atoms. The predicted molar refractivity (Wildman–Crippen MR) is 158 cm³/mol. The van der Waals surface area contributed by atoms with E-state index in [0.29, 0.717) is 55.5 Å². The number of carbonyl (C=O) groups is 2. The summed E-state index contributed by atoms with van der Waals surface area (Å²) >= 11 is 0. The molecule has 0 saturated carbocycles. The number of hydrogen-bond donors (Lipinski definition) is 0. The Balaban J connectivity index is 1.55. The molecule has 0 N–H and O–H groups in total. The van der Waals surface area contributed by atoms with Gasteiger partial charge in [-0.25, -0.2) is 0 Å². The Bertz CT molecular complexity index is 1390. The van der Waals surface area contributed by atoms with Crippen molar-refractivity contribution in [3.05, 3.63) is 87.4 Å². The number of methoxy groups -OCH3 is 2. The average molecular weight is 595 g/mol. The number of nitrogens with zero attached hydrogens (tertiary/aromatic N) is 4. The van der Waals surface area contributed by atoms with Crippen LogP contribution in [0.25, 0.3) is 0 Å². The van der Waals surface area contributed by atoms with Gasteiger partial charge in [-0.2, -0.15) is 0 Å². The average Bonchev–Trinajstić information content (AvgIpc) is 3.54. The standard InChI is InChI=1S/C31H38N4O8/c1-23-6-8-25(20-27(23)35(38)39)31(37)34(13-12-32-14-17-42-18-15-32)22-30(36)33(21-26-5-4-16-43-26)11-10-24-7-9-28(40-2)29(19-24)41-3/h4-9,16,19-20H,10-15,17-18,21-22H2,1-3H3. The van der Waals surface area contributed by atoms with E-state index in [2.05, 4.69) is 4.90 Å². The SMILES string of the molecule is COc1ccc(CCN(Cc2ccco2)C(=O)CN(CCN2CCOCC2)C(=O)c2ccc(C)c([N+](=O)[O-])c2)cc1OC. The first-order valence-corrected chi connectivity index (χ1v) is 14.1. The molecule has 12 nitrogen and oxygen atoms in total. The highest BCUT2D eigenvalue weighted by molar-refractivity contribution is 5.97. The highest BCUT2D eigenvalue weighted by atomic mass is 16.6. The van der Waals surface area contributed by atoms with Crippen LogP contribution >= 0.6 is 0 Å². The smallest absolute Gasteiger partial charge is 0.273 e. The predicted octanol–water partition coefficient (Wildman–Crippen LogP) is 3.56.